The van der Waals surface area contributed by atoms with E-state index in [1.54, 1.807) is 43.5 Å². The first kappa shape index (κ1) is 20.6. The quantitative estimate of drug-likeness (QED) is 0.429. The lowest BCUT2D eigenvalue weighted by Gasteiger charge is -2.15. The van der Waals surface area contributed by atoms with Gasteiger partial charge in [-0.3, -0.25) is 0 Å². The van der Waals surface area contributed by atoms with Gasteiger partial charge in [-0.15, -0.1) is 0 Å². The first-order valence-electron chi connectivity index (χ1n) is 8.38. The van der Waals surface area contributed by atoms with Crippen LogP contribution >= 0.6 is 34.8 Å². The van der Waals surface area contributed by atoms with E-state index in [1.807, 2.05) is 6.07 Å². The van der Waals surface area contributed by atoms with Crippen LogP contribution in [0, 0.1) is 5.82 Å². The van der Waals surface area contributed by atoms with Gasteiger partial charge >= 0.3 is 0 Å². The van der Waals surface area contributed by atoms with Crippen LogP contribution in [0.2, 0.25) is 15.1 Å². The zero-order valence-electron chi connectivity index (χ0n) is 14.9. The first-order chi connectivity index (χ1) is 13.4. The minimum Gasteiger partial charge on any atom is -0.493 e. The maximum Gasteiger partial charge on any atom is 0.180 e. The Kier molecular flexibility index (Phi) is 6.89. The van der Waals surface area contributed by atoms with Gasteiger partial charge in [-0.2, -0.15) is 0 Å². The molecule has 3 rings (SSSR count). The van der Waals surface area contributed by atoms with Crippen molar-refractivity contribution in [2.45, 2.75) is 13.2 Å². The number of hydrogen-bond acceptors (Lipinski definition) is 3. The number of anilines is 1. The zero-order valence-corrected chi connectivity index (χ0v) is 17.2. The minimum absolute atomic E-state index is 0.245. The van der Waals surface area contributed by atoms with Crippen LogP contribution in [-0.4, -0.2) is 7.11 Å². The van der Waals surface area contributed by atoms with Gasteiger partial charge in [-0.25, -0.2) is 4.39 Å². The first-order valence-corrected chi connectivity index (χ1v) is 9.51. The van der Waals surface area contributed by atoms with E-state index in [1.165, 1.54) is 12.1 Å². The Bertz CT molecular complexity index is 944. The molecule has 146 valence electrons. The number of rotatable bonds is 7. The summed E-state index contributed by atoms with van der Waals surface area (Å²) in [5.74, 6) is 0.649. The van der Waals surface area contributed by atoms with Crippen LogP contribution in [0.1, 0.15) is 11.1 Å². The normalized spacial score (nSPS) is 10.6. The molecule has 0 spiro atoms. The summed E-state index contributed by atoms with van der Waals surface area (Å²) in [5, 5.41) is 4.77. The highest BCUT2D eigenvalue weighted by Crippen LogP contribution is 2.37. The Hall–Kier alpha value is -2.14. The number of ether oxygens (including phenoxy) is 2. The van der Waals surface area contributed by atoms with Crippen LogP contribution in [0.3, 0.4) is 0 Å². The number of methoxy groups -OCH3 is 1. The molecule has 3 aromatic carbocycles. The molecule has 3 aromatic rings. The van der Waals surface area contributed by atoms with E-state index >= 15 is 0 Å². The molecule has 0 saturated heterocycles. The van der Waals surface area contributed by atoms with Gasteiger partial charge in [0.05, 0.1) is 12.1 Å². The third-order valence-corrected chi connectivity index (χ3v) is 4.66. The Labute approximate surface area is 177 Å². The topological polar surface area (TPSA) is 30.5 Å². The average molecular weight is 441 g/mol. The van der Waals surface area contributed by atoms with E-state index < -0.39 is 0 Å². The van der Waals surface area contributed by atoms with E-state index in [2.05, 4.69) is 5.32 Å². The molecule has 0 unspecified atom stereocenters. The van der Waals surface area contributed by atoms with Crippen molar-refractivity contribution in [3.63, 3.8) is 0 Å². The Morgan fingerprint density at radius 1 is 0.893 bits per heavy atom. The van der Waals surface area contributed by atoms with Crippen LogP contribution in [0.15, 0.2) is 54.6 Å². The summed E-state index contributed by atoms with van der Waals surface area (Å²) in [6.07, 6.45) is 0. The van der Waals surface area contributed by atoms with Gasteiger partial charge in [-0.1, -0.05) is 46.9 Å². The second-order valence-corrected chi connectivity index (χ2v) is 7.32. The van der Waals surface area contributed by atoms with Gasteiger partial charge in [0.15, 0.2) is 11.5 Å². The summed E-state index contributed by atoms with van der Waals surface area (Å²) < 4.78 is 24.2. The fraction of sp³-hybridized carbons (Fsp3) is 0.143. The molecule has 7 heteroatoms. The van der Waals surface area contributed by atoms with Crippen LogP contribution in [0.5, 0.6) is 11.5 Å². The molecule has 0 radical (unpaired) electrons. The third kappa shape index (κ3) is 5.44. The molecule has 0 aromatic heterocycles. The molecule has 0 bridgehead atoms. The van der Waals surface area contributed by atoms with Crippen LogP contribution in [-0.2, 0) is 13.2 Å². The zero-order chi connectivity index (χ0) is 20.1. The highest BCUT2D eigenvalue weighted by molar-refractivity contribution is 6.35. The van der Waals surface area contributed by atoms with Crippen LogP contribution < -0.4 is 14.8 Å². The Balaban J connectivity index is 1.72. The molecule has 28 heavy (non-hydrogen) atoms. The lowest BCUT2D eigenvalue weighted by atomic mass is 10.2. The number of halogens is 4. The molecular weight excluding hydrogens is 424 g/mol. The standard InChI is InChI=1S/C21H17Cl3FNO2/c1-27-20-7-14(11-26-18-9-15(22)8-16(23)10-18)6-19(24)21(20)28-12-13-2-4-17(25)5-3-13/h2-10,26H,11-12H2,1H3. The van der Waals surface area contributed by atoms with Crippen molar-refractivity contribution < 1.29 is 13.9 Å². The highest BCUT2D eigenvalue weighted by Gasteiger charge is 2.13. The van der Waals surface area contributed by atoms with E-state index in [4.69, 9.17) is 44.3 Å². The number of hydrogen-bond donors (Lipinski definition) is 1. The SMILES string of the molecule is COc1cc(CNc2cc(Cl)cc(Cl)c2)cc(Cl)c1OCc1ccc(F)cc1. The maximum absolute atomic E-state index is 13.0. The van der Waals surface area contributed by atoms with Crippen molar-refractivity contribution in [1.82, 2.24) is 0 Å². The van der Waals surface area contributed by atoms with Gasteiger partial charge in [0.2, 0.25) is 0 Å². The Morgan fingerprint density at radius 3 is 2.21 bits per heavy atom. The summed E-state index contributed by atoms with van der Waals surface area (Å²) in [6, 6.07) is 15.0. The van der Waals surface area contributed by atoms with Gasteiger partial charge in [0.25, 0.3) is 0 Å². The lowest BCUT2D eigenvalue weighted by molar-refractivity contribution is 0.284. The van der Waals surface area contributed by atoms with Gasteiger partial charge in [0.1, 0.15) is 12.4 Å². The van der Waals surface area contributed by atoms with Gasteiger partial charge in [0, 0.05) is 22.3 Å². The Morgan fingerprint density at radius 2 is 1.57 bits per heavy atom. The molecular formula is C21H17Cl3FNO2. The third-order valence-electron chi connectivity index (χ3n) is 3.94. The van der Waals surface area contributed by atoms with Gasteiger partial charge in [-0.05, 0) is 53.6 Å². The van der Waals surface area contributed by atoms with E-state index in [0.717, 1.165) is 16.8 Å². The summed E-state index contributed by atoms with van der Waals surface area (Å²) >= 11 is 18.4. The molecule has 0 aliphatic heterocycles. The molecule has 0 fully saturated rings. The summed E-state index contributed by atoms with van der Waals surface area (Å²) in [5.41, 5.74) is 2.51. The summed E-state index contributed by atoms with van der Waals surface area (Å²) in [7, 11) is 1.55. The van der Waals surface area contributed by atoms with Crippen molar-refractivity contribution >= 4 is 40.5 Å². The summed E-state index contributed by atoms with van der Waals surface area (Å²) in [6.45, 7) is 0.736. The smallest absolute Gasteiger partial charge is 0.180 e. The molecule has 0 saturated carbocycles. The van der Waals surface area contributed by atoms with Crippen molar-refractivity contribution in [3.05, 3.63) is 86.6 Å². The minimum atomic E-state index is -0.294. The molecule has 0 aliphatic carbocycles. The monoisotopic (exact) mass is 439 g/mol. The van der Waals surface area contributed by atoms with Crippen LogP contribution in [0.25, 0.3) is 0 Å². The van der Waals surface area contributed by atoms with E-state index in [9.17, 15) is 4.39 Å². The average Bonchev–Trinajstić information content (AvgIpc) is 2.65. The van der Waals surface area contributed by atoms with Crippen molar-refractivity contribution in [3.8, 4) is 11.5 Å². The second kappa shape index (κ2) is 9.37. The fourth-order valence-electron chi connectivity index (χ4n) is 2.61. The van der Waals surface area contributed by atoms with Gasteiger partial charge < -0.3 is 14.8 Å². The molecule has 1 N–H and O–H groups in total. The molecule has 0 aliphatic rings. The van der Waals surface area contributed by atoms with Crippen molar-refractivity contribution in [2.75, 3.05) is 12.4 Å². The maximum atomic E-state index is 13.0. The second-order valence-electron chi connectivity index (χ2n) is 6.04. The predicted octanol–water partition coefficient (Wildman–Crippen LogP) is 6.99. The number of benzene rings is 3. The fourth-order valence-corrected chi connectivity index (χ4v) is 3.43. The highest BCUT2D eigenvalue weighted by atomic mass is 35.5. The van der Waals surface area contributed by atoms with Crippen molar-refractivity contribution in [1.29, 1.82) is 0 Å². The predicted molar refractivity (Wildman–Crippen MR) is 113 cm³/mol. The van der Waals surface area contributed by atoms with Crippen LogP contribution in [0.4, 0.5) is 10.1 Å². The van der Waals surface area contributed by atoms with E-state index in [-0.39, 0.29) is 12.4 Å². The van der Waals surface area contributed by atoms with Crippen molar-refractivity contribution in [2.24, 2.45) is 0 Å². The number of nitrogens with one attached hydrogen (secondary N) is 1. The molecule has 0 heterocycles. The summed E-state index contributed by atoms with van der Waals surface area (Å²) in [4.78, 5) is 0. The van der Waals surface area contributed by atoms with E-state index in [0.29, 0.717) is 33.1 Å². The molecule has 0 atom stereocenters. The molecule has 3 nitrogen and oxygen atoms in total. The molecule has 0 amide bonds. The lowest BCUT2D eigenvalue weighted by Crippen LogP contribution is -2.03. The largest absolute Gasteiger partial charge is 0.493 e.